The molecule has 0 atom stereocenters. The van der Waals surface area contributed by atoms with Crippen molar-refractivity contribution in [2.75, 3.05) is 36.5 Å². The lowest BCUT2D eigenvalue weighted by Crippen LogP contribution is -2.28. The molecule has 0 saturated heterocycles. The number of hydrogen-bond acceptors (Lipinski definition) is 9. The molecule has 0 unspecified atom stereocenters. The van der Waals surface area contributed by atoms with Crippen LogP contribution in [-0.4, -0.2) is 47.5 Å². The number of amides is 1. The second-order valence-corrected chi connectivity index (χ2v) is 10.2. The predicted octanol–water partition coefficient (Wildman–Crippen LogP) is 5.81. The van der Waals surface area contributed by atoms with Crippen molar-refractivity contribution < 1.29 is 13.9 Å². The fourth-order valence-electron chi connectivity index (χ4n) is 2.92. The molecule has 8 nitrogen and oxygen atoms in total. The summed E-state index contributed by atoms with van der Waals surface area (Å²) in [6.45, 7) is 6.93. The van der Waals surface area contributed by atoms with Crippen molar-refractivity contribution in [3.63, 3.8) is 0 Å². The molecular formula is C22H26ClFN6O2S2. The smallest absolute Gasteiger partial charge is 0.406 e. The molecule has 3 aromatic rings. The Hall–Kier alpha value is -2.63. The third-order valence-corrected chi connectivity index (χ3v) is 6.86. The second-order valence-electron chi connectivity index (χ2n) is 8.18. The minimum absolute atomic E-state index is 0.231. The van der Waals surface area contributed by atoms with Gasteiger partial charge in [0.15, 0.2) is 0 Å². The Balaban J connectivity index is 2.02. The van der Waals surface area contributed by atoms with E-state index in [1.54, 1.807) is 12.3 Å². The zero-order valence-electron chi connectivity index (χ0n) is 19.5. The summed E-state index contributed by atoms with van der Waals surface area (Å²) in [5.41, 5.74) is 1.91. The van der Waals surface area contributed by atoms with Gasteiger partial charge in [-0.25, -0.2) is 24.1 Å². The fourth-order valence-corrected chi connectivity index (χ4v) is 4.71. The number of alkyl carbamates (subject to hydrolysis) is 1. The quantitative estimate of drug-likeness (QED) is 0.250. The van der Waals surface area contributed by atoms with Crippen LogP contribution >= 0.6 is 34.9 Å². The van der Waals surface area contributed by atoms with E-state index >= 15 is 0 Å². The Morgan fingerprint density at radius 3 is 2.71 bits per heavy atom. The van der Waals surface area contributed by atoms with Crippen LogP contribution in [0.2, 0.25) is 5.02 Å². The van der Waals surface area contributed by atoms with Crippen LogP contribution in [0.1, 0.15) is 25.8 Å². The maximum absolute atomic E-state index is 14.5. The third kappa shape index (κ3) is 6.28. The molecule has 12 heteroatoms. The molecule has 0 fully saturated rings. The third-order valence-electron chi connectivity index (χ3n) is 4.52. The molecule has 0 spiro atoms. The summed E-state index contributed by atoms with van der Waals surface area (Å²) in [5.74, 6) is -0.0359. The van der Waals surface area contributed by atoms with Crippen molar-refractivity contribution in [2.45, 2.75) is 26.2 Å². The average molecular weight is 525 g/mol. The number of ether oxygens (including phenoxy) is 1. The van der Waals surface area contributed by atoms with Crippen LogP contribution in [-0.2, 0) is 10.2 Å². The molecule has 0 aliphatic carbocycles. The van der Waals surface area contributed by atoms with Gasteiger partial charge < -0.3 is 20.1 Å². The zero-order valence-corrected chi connectivity index (χ0v) is 21.8. The van der Waals surface area contributed by atoms with Gasteiger partial charge in [0.1, 0.15) is 5.82 Å². The van der Waals surface area contributed by atoms with Crippen molar-refractivity contribution >= 4 is 52.6 Å². The largest absolute Gasteiger partial charge is 0.453 e. The number of carbonyl (C=O) groups excluding carboxylic acids is 1. The highest BCUT2D eigenvalue weighted by atomic mass is 35.5. The van der Waals surface area contributed by atoms with Gasteiger partial charge in [-0.15, -0.1) is 11.3 Å². The molecule has 3 rings (SSSR count). The zero-order chi connectivity index (χ0) is 24.9. The van der Waals surface area contributed by atoms with Gasteiger partial charge in [-0.05, 0) is 18.2 Å². The van der Waals surface area contributed by atoms with Gasteiger partial charge in [0, 0.05) is 36.5 Å². The highest BCUT2D eigenvalue weighted by Crippen LogP contribution is 2.44. The molecule has 0 radical (unpaired) electrons. The maximum Gasteiger partial charge on any atom is 0.406 e. The first kappa shape index (κ1) is 26.0. The maximum atomic E-state index is 14.5. The topological polar surface area (TPSA) is 101 Å². The van der Waals surface area contributed by atoms with Crippen LogP contribution in [0.3, 0.4) is 0 Å². The number of nitrogens with one attached hydrogen (secondary N) is 3. The number of benzene rings is 1. The Morgan fingerprint density at radius 1 is 1.26 bits per heavy atom. The fraction of sp³-hybridized carbons (Fsp3) is 0.364. The molecule has 2 aromatic heterocycles. The lowest BCUT2D eigenvalue weighted by Gasteiger charge is -2.13. The van der Waals surface area contributed by atoms with E-state index in [-0.39, 0.29) is 5.41 Å². The molecule has 34 heavy (non-hydrogen) atoms. The summed E-state index contributed by atoms with van der Waals surface area (Å²) in [5, 5.41) is 6.90. The first-order chi connectivity index (χ1) is 16.1. The summed E-state index contributed by atoms with van der Waals surface area (Å²) in [6.07, 6.45) is 2.96. The van der Waals surface area contributed by atoms with E-state index in [4.69, 9.17) is 16.6 Å². The number of halogens is 2. The van der Waals surface area contributed by atoms with Crippen LogP contribution in [0.5, 0.6) is 0 Å². The number of aromatic nitrogens is 3. The lowest BCUT2D eigenvalue weighted by molar-refractivity contribution is 0.171. The summed E-state index contributed by atoms with van der Waals surface area (Å²) in [7, 11) is 1.30. The van der Waals surface area contributed by atoms with E-state index in [1.165, 1.54) is 42.5 Å². The van der Waals surface area contributed by atoms with Crippen LogP contribution in [0.25, 0.3) is 21.8 Å². The average Bonchev–Trinajstić information content (AvgIpc) is 3.25. The van der Waals surface area contributed by atoms with Gasteiger partial charge in [0.2, 0.25) is 5.95 Å². The number of hydrogen-bond donors (Lipinski definition) is 3. The first-order valence-electron chi connectivity index (χ1n) is 10.3. The summed E-state index contributed by atoms with van der Waals surface area (Å²) in [6, 6.07) is 4.52. The van der Waals surface area contributed by atoms with Crippen LogP contribution in [0.4, 0.5) is 20.8 Å². The minimum atomic E-state index is -0.511. The first-order valence-corrected chi connectivity index (χ1v) is 12.7. The lowest BCUT2D eigenvalue weighted by atomic mass is 9.98. The molecule has 0 bridgehead atoms. The number of carbonyl (C=O) groups is 1. The van der Waals surface area contributed by atoms with Crippen molar-refractivity contribution in [1.29, 1.82) is 0 Å². The van der Waals surface area contributed by atoms with Crippen molar-refractivity contribution in [3.8, 4) is 21.8 Å². The van der Waals surface area contributed by atoms with Gasteiger partial charge in [-0.1, -0.05) is 44.3 Å². The summed E-state index contributed by atoms with van der Waals surface area (Å²) in [4.78, 5) is 25.7. The molecular weight excluding hydrogens is 499 g/mol. The van der Waals surface area contributed by atoms with E-state index in [0.717, 1.165) is 9.88 Å². The van der Waals surface area contributed by atoms with E-state index in [0.29, 0.717) is 46.7 Å². The number of methoxy groups -OCH3 is 1. The SMILES string of the molecule is COC(=O)NCCNc1nccc(-c2sc(C(C)(C)C)nc2-c2cc(F)cc(NSC)c2Cl)n1. The molecule has 182 valence electrons. The van der Waals surface area contributed by atoms with Crippen LogP contribution < -0.4 is 15.4 Å². The molecule has 0 aliphatic heterocycles. The van der Waals surface area contributed by atoms with Crippen molar-refractivity contribution in [3.05, 3.63) is 40.2 Å². The van der Waals surface area contributed by atoms with E-state index < -0.39 is 11.9 Å². The summed E-state index contributed by atoms with van der Waals surface area (Å²) >= 11 is 9.47. The molecule has 2 heterocycles. The van der Waals surface area contributed by atoms with Crippen LogP contribution in [0.15, 0.2) is 24.4 Å². The van der Waals surface area contributed by atoms with Gasteiger partial charge in [0.05, 0.1) is 39.1 Å². The normalized spacial score (nSPS) is 11.3. The molecule has 0 aliphatic rings. The standard InChI is InChI=1S/C22H26ClFN6O2S2/c1-22(2,3)19-29-17(13-10-12(24)11-15(16(13)23)30-33-5)18(34-19)14-6-7-25-20(28-14)26-8-9-27-21(31)32-4/h6-7,10-11,30H,8-9H2,1-5H3,(H,27,31)(H,25,26,28). The Bertz CT molecular complexity index is 1170. The molecule has 0 saturated carbocycles. The van der Waals surface area contributed by atoms with Gasteiger partial charge in [0.25, 0.3) is 0 Å². The molecule has 3 N–H and O–H groups in total. The van der Waals surface area contributed by atoms with Crippen LogP contribution in [0, 0.1) is 5.82 Å². The van der Waals surface area contributed by atoms with Gasteiger partial charge in [-0.3, -0.25) is 0 Å². The number of thiazole rings is 1. The Kier molecular flexibility index (Phi) is 8.56. The predicted molar refractivity (Wildman–Crippen MR) is 138 cm³/mol. The van der Waals surface area contributed by atoms with Crippen molar-refractivity contribution in [2.24, 2.45) is 0 Å². The van der Waals surface area contributed by atoms with E-state index in [9.17, 15) is 9.18 Å². The van der Waals surface area contributed by atoms with Gasteiger partial charge >= 0.3 is 6.09 Å². The Labute approximate surface area is 211 Å². The number of anilines is 2. The van der Waals surface area contributed by atoms with Gasteiger partial charge in [-0.2, -0.15) is 0 Å². The Morgan fingerprint density at radius 2 is 2.03 bits per heavy atom. The highest BCUT2D eigenvalue weighted by Gasteiger charge is 2.26. The second kappa shape index (κ2) is 11.2. The molecule has 1 amide bonds. The van der Waals surface area contributed by atoms with Crippen molar-refractivity contribution in [1.82, 2.24) is 20.3 Å². The summed E-state index contributed by atoms with van der Waals surface area (Å²) < 4.78 is 22.1. The number of rotatable bonds is 8. The highest BCUT2D eigenvalue weighted by molar-refractivity contribution is 7.99. The van der Waals surface area contributed by atoms with E-state index in [2.05, 4.69) is 50.8 Å². The monoisotopic (exact) mass is 524 g/mol. The minimum Gasteiger partial charge on any atom is -0.453 e. The number of nitrogens with zero attached hydrogens (tertiary/aromatic N) is 3. The molecule has 1 aromatic carbocycles. The van der Waals surface area contributed by atoms with E-state index in [1.807, 2.05) is 6.26 Å².